The van der Waals surface area contributed by atoms with Gasteiger partial charge < -0.3 is 19.1 Å². The van der Waals surface area contributed by atoms with Gasteiger partial charge in [0.25, 0.3) is 0 Å². The zero-order chi connectivity index (χ0) is 17.9. The summed E-state index contributed by atoms with van der Waals surface area (Å²) in [4.78, 5) is 6.69. The molecule has 0 saturated carbocycles. The highest BCUT2D eigenvalue weighted by Gasteiger charge is 2.21. The van der Waals surface area contributed by atoms with Crippen molar-refractivity contribution in [1.82, 2.24) is 4.98 Å². The van der Waals surface area contributed by atoms with E-state index in [2.05, 4.69) is 22.0 Å². The number of anilines is 1. The zero-order valence-corrected chi connectivity index (χ0v) is 15.7. The van der Waals surface area contributed by atoms with Crippen molar-refractivity contribution in [2.24, 2.45) is 0 Å². The quantitative estimate of drug-likeness (QED) is 0.676. The second kappa shape index (κ2) is 7.41. The van der Waals surface area contributed by atoms with Gasteiger partial charge in [0.2, 0.25) is 0 Å². The van der Waals surface area contributed by atoms with Crippen molar-refractivity contribution in [3.05, 3.63) is 41.9 Å². The van der Waals surface area contributed by atoms with Gasteiger partial charge in [-0.25, -0.2) is 4.98 Å². The van der Waals surface area contributed by atoms with E-state index in [1.807, 2.05) is 29.8 Å². The fourth-order valence-electron chi connectivity index (χ4n) is 3.28. The van der Waals surface area contributed by atoms with Crippen LogP contribution in [0.25, 0.3) is 10.2 Å². The Kier molecular flexibility index (Phi) is 4.84. The summed E-state index contributed by atoms with van der Waals surface area (Å²) in [5.41, 5.74) is 4.03. The Morgan fingerprint density at radius 3 is 2.69 bits per heavy atom. The molecular weight excluding hydrogens is 348 g/mol. The third-order valence-electron chi connectivity index (χ3n) is 4.70. The summed E-state index contributed by atoms with van der Waals surface area (Å²) in [5, 5.41) is 0. The van der Waals surface area contributed by atoms with Crippen LogP contribution in [-0.4, -0.2) is 38.4 Å². The summed E-state index contributed by atoms with van der Waals surface area (Å²) in [5.74, 6) is 2.22. The lowest BCUT2D eigenvalue weighted by Gasteiger charge is -2.33. The summed E-state index contributed by atoms with van der Waals surface area (Å²) in [6.45, 7) is 1.94. The normalized spacial score (nSPS) is 15.2. The first-order valence-corrected chi connectivity index (χ1v) is 9.53. The molecule has 1 aliphatic heterocycles. The van der Waals surface area contributed by atoms with Crippen molar-refractivity contribution in [2.45, 2.75) is 18.9 Å². The van der Waals surface area contributed by atoms with Crippen LogP contribution in [0.5, 0.6) is 17.2 Å². The lowest BCUT2D eigenvalue weighted by molar-refractivity contribution is 0.170. The van der Waals surface area contributed by atoms with Gasteiger partial charge in [0, 0.05) is 43.8 Å². The number of ether oxygens (including phenoxy) is 3. The van der Waals surface area contributed by atoms with Gasteiger partial charge in [-0.1, -0.05) is 0 Å². The van der Waals surface area contributed by atoms with E-state index >= 15 is 0 Å². The third kappa shape index (κ3) is 3.42. The van der Waals surface area contributed by atoms with E-state index in [1.54, 1.807) is 25.6 Å². The van der Waals surface area contributed by atoms with E-state index in [-0.39, 0.29) is 6.10 Å². The van der Waals surface area contributed by atoms with Crippen molar-refractivity contribution >= 4 is 27.2 Å². The van der Waals surface area contributed by atoms with Crippen molar-refractivity contribution in [1.29, 1.82) is 0 Å². The minimum Gasteiger partial charge on any atom is -0.493 e. The maximum absolute atomic E-state index is 6.16. The number of methoxy groups -OCH3 is 2. The van der Waals surface area contributed by atoms with Crippen molar-refractivity contribution in [3.8, 4) is 17.2 Å². The number of fused-ring (bicyclic) bond motifs is 1. The maximum atomic E-state index is 6.16. The predicted molar refractivity (Wildman–Crippen MR) is 104 cm³/mol. The van der Waals surface area contributed by atoms with Gasteiger partial charge in [-0.15, -0.1) is 11.3 Å². The first kappa shape index (κ1) is 17.0. The standard InChI is InChI=1S/C20H21N2O3S/c1-23-18-6-4-16(12-19(18)24-2)25-15-7-9-22(10-8-15)14-3-5-17-20(11-14)26-13-21-17/h3-4,6,11-13,15H,7-10H2,1-2H3. The van der Waals surface area contributed by atoms with Crippen LogP contribution in [0.3, 0.4) is 0 Å². The van der Waals surface area contributed by atoms with Gasteiger partial charge in [-0.05, 0) is 24.3 Å². The number of nitrogens with zero attached hydrogens (tertiary/aromatic N) is 2. The molecule has 0 atom stereocenters. The summed E-state index contributed by atoms with van der Waals surface area (Å²) in [6.07, 6.45) is 2.17. The Balaban J connectivity index is 1.39. The monoisotopic (exact) mass is 369 g/mol. The second-order valence-corrected chi connectivity index (χ2v) is 7.13. The highest BCUT2D eigenvalue weighted by atomic mass is 32.1. The van der Waals surface area contributed by atoms with Crippen LogP contribution in [0, 0.1) is 6.07 Å². The minimum atomic E-state index is 0.209. The molecule has 2 aromatic carbocycles. The molecule has 0 unspecified atom stereocenters. The van der Waals surface area contributed by atoms with Gasteiger partial charge in [0.1, 0.15) is 11.9 Å². The van der Waals surface area contributed by atoms with Gasteiger partial charge >= 0.3 is 0 Å². The first-order chi connectivity index (χ1) is 12.8. The number of hydrogen-bond donors (Lipinski definition) is 0. The molecule has 26 heavy (non-hydrogen) atoms. The van der Waals surface area contributed by atoms with Crippen molar-refractivity contribution < 1.29 is 14.2 Å². The Bertz CT molecular complexity index is 888. The molecule has 0 bridgehead atoms. The average Bonchev–Trinajstić information content (AvgIpc) is 3.16. The summed E-state index contributed by atoms with van der Waals surface area (Å²) >= 11 is 1.66. The number of hydrogen-bond acceptors (Lipinski definition) is 6. The molecule has 0 aliphatic carbocycles. The topological polar surface area (TPSA) is 43.8 Å². The predicted octanol–water partition coefficient (Wildman–Crippen LogP) is 4.16. The summed E-state index contributed by atoms with van der Waals surface area (Å²) < 4.78 is 18.0. The molecule has 0 spiro atoms. The Hall–Kier alpha value is -2.47. The van der Waals surface area contributed by atoms with Crippen LogP contribution >= 0.6 is 11.3 Å². The van der Waals surface area contributed by atoms with Crippen LogP contribution in [0.4, 0.5) is 5.69 Å². The van der Waals surface area contributed by atoms with E-state index in [9.17, 15) is 0 Å². The third-order valence-corrected chi connectivity index (χ3v) is 5.47. The van der Waals surface area contributed by atoms with E-state index < -0.39 is 0 Å². The molecule has 1 fully saturated rings. The van der Waals surface area contributed by atoms with Gasteiger partial charge in [0.15, 0.2) is 11.5 Å². The molecule has 135 valence electrons. The summed E-state index contributed by atoms with van der Waals surface area (Å²) in [6, 6.07) is 13.2. The summed E-state index contributed by atoms with van der Waals surface area (Å²) in [7, 11) is 3.27. The highest BCUT2D eigenvalue weighted by Crippen LogP contribution is 2.32. The van der Waals surface area contributed by atoms with E-state index in [4.69, 9.17) is 14.2 Å². The zero-order valence-electron chi connectivity index (χ0n) is 14.9. The molecule has 6 heteroatoms. The van der Waals surface area contributed by atoms with Crippen LogP contribution in [0.15, 0.2) is 35.8 Å². The van der Waals surface area contributed by atoms with Crippen molar-refractivity contribution in [3.63, 3.8) is 0 Å². The molecule has 0 N–H and O–H groups in total. The average molecular weight is 369 g/mol. The molecule has 1 saturated heterocycles. The number of piperidine rings is 1. The number of benzene rings is 2. The molecule has 2 heterocycles. The van der Waals surface area contributed by atoms with Crippen LogP contribution in [-0.2, 0) is 0 Å². The Morgan fingerprint density at radius 2 is 1.92 bits per heavy atom. The molecule has 1 radical (unpaired) electrons. The fourth-order valence-corrected chi connectivity index (χ4v) is 3.96. The van der Waals surface area contributed by atoms with E-state index in [0.29, 0.717) is 11.5 Å². The van der Waals surface area contributed by atoms with Crippen LogP contribution in [0.2, 0.25) is 0 Å². The maximum Gasteiger partial charge on any atom is 0.164 e. The van der Waals surface area contributed by atoms with Gasteiger partial charge in [-0.2, -0.15) is 0 Å². The van der Waals surface area contributed by atoms with Crippen LogP contribution in [0.1, 0.15) is 12.8 Å². The fraction of sp³-hybridized carbons (Fsp3) is 0.350. The molecule has 1 aliphatic rings. The SMILES string of the molecule is COc1ccc(OC2CCN(c3c[c]c4ncsc4c3)CC2)cc1OC. The van der Waals surface area contributed by atoms with E-state index in [0.717, 1.165) is 37.2 Å². The Labute approximate surface area is 157 Å². The second-order valence-electron chi connectivity index (χ2n) is 6.24. The van der Waals surface area contributed by atoms with Gasteiger partial charge in [0.05, 0.1) is 29.9 Å². The molecule has 0 amide bonds. The first-order valence-electron chi connectivity index (χ1n) is 8.65. The minimum absolute atomic E-state index is 0.209. The molecule has 1 aromatic heterocycles. The lowest BCUT2D eigenvalue weighted by Crippen LogP contribution is -2.38. The number of rotatable bonds is 5. The number of thiazole rings is 1. The van der Waals surface area contributed by atoms with Crippen molar-refractivity contribution in [2.75, 3.05) is 32.2 Å². The molecule has 4 rings (SSSR count). The molecular formula is C20H21N2O3S. The molecule has 3 aromatic rings. The van der Waals surface area contributed by atoms with E-state index in [1.165, 1.54) is 10.4 Å². The van der Waals surface area contributed by atoms with Crippen LogP contribution < -0.4 is 19.1 Å². The van der Waals surface area contributed by atoms with Gasteiger partial charge in [-0.3, -0.25) is 0 Å². The lowest BCUT2D eigenvalue weighted by atomic mass is 10.1. The largest absolute Gasteiger partial charge is 0.493 e. The number of aromatic nitrogens is 1. The smallest absolute Gasteiger partial charge is 0.164 e. The highest BCUT2D eigenvalue weighted by molar-refractivity contribution is 7.16. The Morgan fingerprint density at radius 1 is 1.12 bits per heavy atom. The molecule has 5 nitrogen and oxygen atoms in total.